The predicted octanol–water partition coefficient (Wildman–Crippen LogP) is 2.14. The number of amides is 1. The second kappa shape index (κ2) is 8.35. The van der Waals surface area contributed by atoms with Gasteiger partial charge in [0, 0.05) is 31.3 Å². The lowest BCUT2D eigenvalue weighted by Gasteiger charge is -2.22. The number of likely N-dealkylation sites (N-methyl/N-ethyl adjacent to an activating group) is 1. The Morgan fingerprint density at radius 3 is 2.83 bits per heavy atom. The van der Waals surface area contributed by atoms with Crippen molar-refractivity contribution in [3.05, 3.63) is 18.2 Å². The summed E-state index contributed by atoms with van der Waals surface area (Å²) in [5.41, 5.74) is 0.740. The molecule has 24 heavy (non-hydrogen) atoms. The first kappa shape index (κ1) is 17.0. The average Bonchev–Trinajstić information content (AvgIpc) is 2.97. The standard InChI is InChI=1S/C18H26N2O4/c1-2-20(11-14-6-9-22-13-14)12-18(21)19-15-4-5-16-17(10-15)24-8-3-7-23-16/h4-5,10,14H,2-3,6-9,11-13H2,1H3,(H,19,21). The van der Waals surface area contributed by atoms with E-state index in [1.54, 1.807) is 0 Å². The van der Waals surface area contributed by atoms with Crippen LogP contribution in [0.15, 0.2) is 18.2 Å². The van der Waals surface area contributed by atoms with Crippen LogP contribution in [0.5, 0.6) is 11.5 Å². The molecule has 0 bridgehead atoms. The van der Waals surface area contributed by atoms with Crippen LogP contribution >= 0.6 is 0 Å². The highest BCUT2D eigenvalue weighted by molar-refractivity contribution is 5.92. The lowest BCUT2D eigenvalue weighted by molar-refractivity contribution is -0.117. The van der Waals surface area contributed by atoms with Crippen LogP contribution in [0.2, 0.25) is 0 Å². The molecule has 1 aromatic carbocycles. The van der Waals surface area contributed by atoms with Gasteiger partial charge in [-0.15, -0.1) is 0 Å². The first-order valence-electron chi connectivity index (χ1n) is 8.74. The normalized spacial score (nSPS) is 20.0. The van der Waals surface area contributed by atoms with E-state index in [4.69, 9.17) is 14.2 Å². The number of anilines is 1. The maximum Gasteiger partial charge on any atom is 0.238 e. The van der Waals surface area contributed by atoms with Crippen molar-refractivity contribution in [3.63, 3.8) is 0 Å². The molecule has 6 nitrogen and oxygen atoms in total. The van der Waals surface area contributed by atoms with Crippen molar-refractivity contribution in [2.45, 2.75) is 19.8 Å². The summed E-state index contributed by atoms with van der Waals surface area (Å²) < 4.78 is 16.7. The molecule has 1 fully saturated rings. The first-order valence-corrected chi connectivity index (χ1v) is 8.74. The molecule has 0 aromatic heterocycles. The Kier molecular flexibility index (Phi) is 5.93. The number of carbonyl (C=O) groups excluding carboxylic acids is 1. The van der Waals surface area contributed by atoms with Gasteiger partial charge < -0.3 is 19.5 Å². The van der Waals surface area contributed by atoms with Crippen LogP contribution in [-0.4, -0.2) is 56.9 Å². The number of hydrogen-bond donors (Lipinski definition) is 1. The van der Waals surface area contributed by atoms with Crippen LogP contribution in [0.1, 0.15) is 19.8 Å². The highest BCUT2D eigenvalue weighted by Crippen LogP contribution is 2.32. The number of nitrogens with one attached hydrogen (secondary N) is 1. The van der Waals surface area contributed by atoms with E-state index in [-0.39, 0.29) is 5.91 Å². The van der Waals surface area contributed by atoms with Crippen molar-refractivity contribution in [1.29, 1.82) is 0 Å². The topological polar surface area (TPSA) is 60.0 Å². The van der Waals surface area contributed by atoms with E-state index in [1.807, 2.05) is 18.2 Å². The highest BCUT2D eigenvalue weighted by atomic mass is 16.5. The summed E-state index contributed by atoms with van der Waals surface area (Å²) in [6, 6.07) is 5.54. The maximum absolute atomic E-state index is 12.3. The minimum absolute atomic E-state index is 0.00902. The van der Waals surface area contributed by atoms with Crippen LogP contribution in [0.3, 0.4) is 0 Å². The zero-order chi connectivity index (χ0) is 16.8. The van der Waals surface area contributed by atoms with Gasteiger partial charge in [-0.05, 0) is 31.0 Å². The van der Waals surface area contributed by atoms with Crippen LogP contribution in [0.25, 0.3) is 0 Å². The number of hydrogen-bond acceptors (Lipinski definition) is 5. The lowest BCUT2D eigenvalue weighted by atomic mass is 10.1. The van der Waals surface area contributed by atoms with E-state index in [0.717, 1.165) is 50.6 Å². The third-order valence-electron chi connectivity index (χ3n) is 4.39. The summed E-state index contributed by atoms with van der Waals surface area (Å²) in [7, 11) is 0. The number of carbonyl (C=O) groups is 1. The highest BCUT2D eigenvalue weighted by Gasteiger charge is 2.20. The number of nitrogens with zero attached hydrogens (tertiary/aromatic N) is 1. The van der Waals surface area contributed by atoms with E-state index >= 15 is 0 Å². The molecule has 2 aliphatic rings. The van der Waals surface area contributed by atoms with Crippen molar-refractivity contribution in [2.75, 3.05) is 51.4 Å². The Labute approximate surface area is 143 Å². The van der Waals surface area contributed by atoms with Gasteiger partial charge in [-0.2, -0.15) is 0 Å². The molecule has 0 radical (unpaired) electrons. The van der Waals surface area contributed by atoms with E-state index in [2.05, 4.69) is 17.1 Å². The molecule has 0 aliphatic carbocycles. The van der Waals surface area contributed by atoms with Crippen molar-refractivity contribution in [1.82, 2.24) is 4.90 Å². The zero-order valence-electron chi connectivity index (χ0n) is 14.3. The molecule has 6 heteroatoms. The second-order valence-electron chi connectivity index (χ2n) is 6.32. The third kappa shape index (κ3) is 4.61. The minimum atomic E-state index is -0.00902. The molecular weight excluding hydrogens is 308 g/mol. The van der Waals surface area contributed by atoms with Crippen LogP contribution in [-0.2, 0) is 9.53 Å². The van der Waals surface area contributed by atoms with Gasteiger partial charge in [0.05, 0.1) is 26.4 Å². The summed E-state index contributed by atoms with van der Waals surface area (Å²) in [5, 5.41) is 2.95. The van der Waals surface area contributed by atoms with Gasteiger partial charge in [-0.3, -0.25) is 9.69 Å². The van der Waals surface area contributed by atoms with Crippen LogP contribution in [0, 0.1) is 5.92 Å². The Bertz CT molecular complexity index is 558. The number of benzene rings is 1. The van der Waals surface area contributed by atoms with Crippen molar-refractivity contribution >= 4 is 11.6 Å². The molecule has 2 heterocycles. The molecule has 1 unspecified atom stereocenters. The molecular formula is C18H26N2O4. The van der Waals surface area contributed by atoms with Crippen LogP contribution in [0.4, 0.5) is 5.69 Å². The molecule has 132 valence electrons. The van der Waals surface area contributed by atoms with Crippen LogP contribution < -0.4 is 14.8 Å². The van der Waals surface area contributed by atoms with Crippen molar-refractivity contribution in [3.8, 4) is 11.5 Å². The zero-order valence-corrected chi connectivity index (χ0v) is 14.3. The quantitative estimate of drug-likeness (QED) is 0.864. The summed E-state index contributed by atoms with van der Waals surface area (Å²) in [4.78, 5) is 14.5. The SMILES string of the molecule is CCN(CC(=O)Nc1ccc2c(c1)OCCCO2)CC1CCOC1. The van der Waals surface area contributed by atoms with E-state index in [0.29, 0.717) is 31.4 Å². The molecule has 0 spiro atoms. The first-order chi connectivity index (χ1) is 11.7. The number of fused-ring (bicyclic) bond motifs is 1. The molecule has 1 atom stereocenters. The van der Waals surface area contributed by atoms with Crippen molar-refractivity contribution < 1.29 is 19.0 Å². The number of rotatable bonds is 6. The summed E-state index contributed by atoms with van der Waals surface area (Å²) in [6.07, 6.45) is 1.95. The smallest absolute Gasteiger partial charge is 0.238 e. The van der Waals surface area contributed by atoms with E-state index in [9.17, 15) is 4.79 Å². The van der Waals surface area contributed by atoms with Gasteiger partial charge in [-0.25, -0.2) is 0 Å². The van der Waals surface area contributed by atoms with Gasteiger partial charge in [0.15, 0.2) is 11.5 Å². The van der Waals surface area contributed by atoms with E-state index < -0.39 is 0 Å². The Hall–Kier alpha value is -1.79. The predicted molar refractivity (Wildman–Crippen MR) is 91.7 cm³/mol. The van der Waals surface area contributed by atoms with Gasteiger partial charge in [0.2, 0.25) is 5.91 Å². The molecule has 3 rings (SSSR count). The van der Waals surface area contributed by atoms with Gasteiger partial charge in [0.25, 0.3) is 0 Å². The van der Waals surface area contributed by atoms with Gasteiger partial charge >= 0.3 is 0 Å². The molecule has 2 aliphatic heterocycles. The summed E-state index contributed by atoms with van der Waals surface area (Å²) in [5.74, 6) is 1.96. The minimum Gasteiger partial charge on any atom is -0.490 e. The largest absolute Gasteiger partial charge is 0.490 e. The molecule has 1 saturated heterocycles. The molecule has 1 amide bonds. The Balaban J connectivity index is 1.54. The fourth-order valence-corrected chi connectivity index (χ4v) is 3.04. The fraction of sp³-hybridized carbons (Fsp3) is 0.611. The number of ether oxygens (including phenoxy) is 3. The Morgan fingerprint density at radius 1 is 1.25 bits per heavy atom. The van der Waals surface area contributed by atoms with E-state index in [1.165, 1.54) is 0 Å². The van der Waals surface area contributed by atoms with Gasteiger partial charge in [0.1, 0.15) is 0 Å². The monoisotopic (exact) mass is 334 g/mol. The summed E-state index contributed by atoms with van der Waals surface area (Å²) in [6.45, 7) is 7.17. The fourth-order valence-electron chi connectivity index (χ4n) is 3.04. The molecule has 0 saturated carbocycles. The van der Waals surface area contributed by atoms with Gasteiger partial charge in [-0.1, -0.05) is 6.92 Å². The Morgan fingerprint density at radius 2 is 2.08 bits per heavy atom. The second-order valence-corrected chi connectivity index (χ2v) is 6.32. The van der Waals surface area contributed by atoms with Crippen molar-refractivity contribution in [2.24, 2.45) is 5.92 Å². The molecule has 1 aromatic rings. The third-order valence-corrected chi connectivity index (χ3v) is 4.39. The lowest BCUT2D eigenvalue weighted by Crippen LogP contribution is -2.36. The average molecular weight is 334 g/mol. The maximum atomic E-state index is 12.3. The molecule has 1 N–H and O–H groups in total. The summed E-state index contributed by atoms with van der Waals surface area (Å²) >= 11 is 0.